The van der Waals surface area contributed by atoms with Gasteiger partial charge in [0.15, 0.2) is 5.82 Å². The van der Waals surface area contributed by atoms with Crippen molar-refractivity contribution in [3.05, 3.63) is 243 Å². The van der Waals surface area contributed by atoms with Crippen LogP contribution in [0.3, 0.4) is 0 Å². The first-order valence-electron chi connectivity index (χ1n) is 24.1. The summed E-state index contributed by atoms with van der Waals surface area (Å²) in [6.45, 7) is 0. The highest BCUT2D eigenvalue weighted by Gasteiger charge is 2.20. The lowest BCUT2D eigenvalue weighted by molar-refractivity contribution is 1.17. The molecule has 0 N–H and O–H groups in total. The molecule has 15 aromatic rings. The number of thiophene rings is 1. The second-order valence-corrected chi connectivity index (χ2v) is 19.6. The Morgan fingerprint density at radius 2 is 0.873 bits per heavy atom. The van der Waals surface area contributed by atoms with E-state index < -0.39 is 0 Å². The molecular weight excluding hydrogens is 881 g/mol. The summed E-state index contributed by atoms with van der Waals surface area (Å²) in [5, 5.41) is 11.1. The number of fused-ring (bicyclic) bond motifs is 12. The second-order valence-electron chi connectivity index (χ2n) is 18.5. The van der Waals surface area contributed by atoms with Crippen LogP contribution in [0.2, 0.25) is 0 Å². The van der Waals surface area contributed by atoms with Gasteiger partial charge in [0, 0.05) is 69.6 Å². The Bertz CT molecular complexity index is 4620. The highest BCUT2D eigenvalue weighted by molar-refractivity contribution is 7.26. The predicted molar refractivity (Wildman–Crippen MR) is 300 cm³/mol. The molecule has 15 rings (SSSR count). The molecule has 0 aliphatic rings. The van der Waals surface area contributed by atoms with Crippen LogP contribution >= 0.6 is 11.3 Å². The smallest absolute Gasteiger partial charge is 0.160 e. The lowest BCUT2D eigenvalue weighted by Gasteiger charge is -2.12. The summed E-state index contributed by atoms with van der Waals surface area (Å²) in [4.78, 5) is 10.4. The van der Waals surface area contributed by atoms with Crippen molar-refractivity contribution in [2.45, 2.75) is 0 Å². The fourth-order valence-corrected chi connectivity index (χ4v) is 12.4. The minimum atomic E-state index is 0.702. The normalized spacial score (nSPS) is 11.9. The largest absolute Gasteiger partial charge is 0.309 e. The van der Waals surface area contributed by atoms with E-state index in [2.05, 4.69) is 252 Å². The summed E-state index contributed by atoms with van der Waals surface area (Å²) in [5.74, 6) is 0.702. The first-order valence-corrected chi connectivity index (χ1v) is 24.9. The van der Waals surface area contributed by atoms with Crippen molar-refractivity contribution in [1.82, 2.24) is 19.1 Å². The second kappa shape index (κ2) is 15.7. The quantitative estimate of drug-likeness (QED) is 0.167. The van der Waals surface area contributed by atoms with Gasteiger partial charge in [-0.05, 0) is 124 Å². The highest BCUT2D eigenvalue weighted by atomic mass is 32.1. The Balaban J connectivity index is 0.814. The average molecular weight is 921 g/mol. The first-order chi connectivity index (χ1) is 35.2. The third-order valence-corrected chi connectivity index (χ3v) is 15.7. The van der Waals surface area contributed by atoms with E-state index >= 15 is 0 Å². The van der Waals surface area contributed by atoms with E-state index in [9.17, 15) is 0 Å². The monoisotopic (exact) mass is 920 g/mol. The van der Waals surface area contributed by atoms with Crippen molar-refractivity contribution in [1.29, 1.82) is 0 Å². The van der Waals surface area contributed by atoms with E-state index in [-0.39, 0.29) is 0 Å². The van der Waals surface area contributed by atoms with E-state index in [1.54, 1.807) is 0 Å². The van der Waals surface area contributed by atoms with Gasteiger partial charge >= 0.3 is 0 Å². The number of rotatable bonds is 6. The number of para-hydroxylation sites is 3. The SMILES string of the molecule is c1ccc(-n2c3ccc(-c4ccc5c(c4)c4ccccc4n5-c4ccc(-c5nc(-c6ccc(-c7ccc8ccccc8c7)cc6)c6ccccc6n5)cc4)cc3c3c4sc5ccccc5c4ccc32)cc1. The minimum Gasteiger partial charge on any atom is -0.309 e. The molecule has 0 spiro atoms. The van der Waals surface area contributed by atoms with Gasteiger partial charge < -0.3 is 9.13 Å². The average Bonchev–Trinajstić information content (AvgIpc) is 4.10. The summed E-state index contributed by atoms with van der Waals surface area (Å²) in [6, 6.07) is 87.9. The number of hydrogen-bond acceptors (Lipinski definition) is 3. The van der Waals surface area contributed by atoms with Crippen molar-refractivity contribution in [3.63, 3.8) is 0 Å². The van der Waals surface area contributed by atoms with Crippen LogP contribution in [0, 0.1) is 0 Å². The predicted octanol–water partition coefficient (Wildman–Crippen LogP) is 18.0. The van der Waals surface area contributed by atoms with Gasteiger partial charge in [-0.2, -0.15) is 0 Å². The van der Waals surface area contributed by atoms with Crippen molar-refractivity contribution in [3.8, 4) is 56.3 Å². The Hall–Kier alpha value is -9.16. The zero-order valence-electron chi connectivity index (χ0n) is 38.3. The van der Waals surface area contributed by atoms with E-state index in [1.807, 2.05) is 11.3 Å². The molecule has 330 valence electrons. The molecule has 4 aromatic heterocycles. The molecule has 0 saturated heterocycles. The van der Waals surface area contributed by atoms with Gasteiger partial charge in [0.2, 0.25) is 0 Å². The zero-order valence-corrected chi connectivity index (χ0v) is 39.1. The molecule has 4 heterocycles. The van der Waals surface area contributed by atoms with Crippen molar-refractivity contribution in [2.24, 2.45) is 0 Å². The topological polar surface area (TPSA) is 35.6 Å². The van der Waals surface area contributed by atoms with Gasteiger partial charge in [0.25, 0.3) is 0 Å². The molecule has 0 aliphatic carbocycles. The standard InChI is InChI=1S/C66H40N4S/c1-2-14-49(15-3-1)70-60-36-31-48(40-56(60)63-61(70)37-34-53-52-17-8-11-21-62(52)71-65(53)63)47-30-35-59-55(39-47)51-16-7-10-20-58(51)69(59)50-32-28-44(29-33-50)66-67-57-19-9-6-18-54(57)64(68-66)43-25-22-42(23-26-43)46-27-24-41-12-4-5-13-45(41)38-46/h1-40H. The highest BCUT2D eigenvalue weighted by Crippen LogP contribution is 2.45. The van der Waals surface area contributed by atoms with Crippen LogP contribution in [-0.2, 0) is 0 Å². The van der Waals surface area contributed by atoms with Gasteiger partial charge in [0.05, 0.1) is 33.3 Å². The van der Waals surface area contributed by atoms with E-state index in [1.165, 1.54) is 85.8 Å². The van der Waals surface area contributed by atoms with Crippen LogP contribution < -0.4 is 0 Å². The fourth-order valence-electron chi connectivity index (χ4n) is 11.1. The number of hydrogen-bond donors (Lipinski definition) is 0. The third kappa shape index (κ3) is 6.30. The van der Waals surface area contributed by atoms with E-state index in [0.717, 1.165) is 50.1 Å². The number of benzene rings is 11. The van der Waals surface area contributed by atoms with Crippen LogP contribution in [0.25, 0.3) is 142 Å². The van der Waals surface area contributed by atoms with Gasteiger partial charge in [0.1, 0.15) is 0 Å². The summed E-state index contributed by atoms with van der Waals surface area (Å²) < 4.78 is 7.46. The Labute approximate surface area is 412 Å². The molecule has 0 fully saturated rings. The molecule has 71 heavy (non-hydrogen) atoms. The molecule has 5 heteroatoms. The summed E-state index contributed by atoms with van der Waals surface area (Å²) >= 11 is 1.90. The van der Waals surface area contributed by atoms with Gasteiger partial charge in [-0.25, -0.2) is 9.97 Å². The van der Waals surface area contributed by atoms with Crippen molar-refractivity contribution >= 4 is 96.8 Å². The van der Waals surface area contributed by atoms with Crippen LogP contribution in [0.4, 0.5) is 0 Å². The van der Waals surface area contributed by atoms with Crippen LogP contribution in [0.5, 0.6) is 0 Å². The molecule has 0 aliphatic heterocycles. The van der Waals surface area contributed by atoms with E-state index in [0.29, 0.717) is 5.82 Å². The lowest BCUT2D eigenvalue weighted by Crippen LogP contribution is -1.97. The van der Waals surface area contributed by atoms with E-state index in [4.69, 9.17) is 9.97 Å². The molecule has 0 unspecified atom stereocenters. The lowest BCUT2D eigenvalue weighted by atomic mass is 9.98. The van der Waals surface area contributed by atoms with Crippen LogP contribution in [-0.4, -0.2) is 19.1 Å². The number of nitrogens with zero attached hydrogens (tertiary/aromatic N) is 4. The van der Waals surface area contributed by atoms with Gasteiger partial charge in [-0.3, -0.25) is 0 Å². The maximum absolute atomic E-state index is 5.27. The summed E-state index contributed by atoms with van der Waals surface area (Å²) in [6.07, 6.45) is 0. The molecule has 0 radical (unpaired) electrons. The van der Waals surface area contributed by atoms with Crippen LogP contribution in [0.1, 0.15) is 0 Å². The van der Waals surface area contributed by atoms with Crippen molar-refractivity contribution < 1.29 is 0 Å². The van der Waals surface area contributed by atoms with Crippen LogP contribution in [0.15, 0.2) is 243 Å². The van der Waals surface area contributed by atoms with Crippen molar-refractivity contribution in [2.75, 3.05) is 0 Å². The molecular formula is C66H40N4S. The third-order valence-electron chi connectivity index (χ3n) is 14.5. The maximum atomic E-state index is 5.27. The molecule has 0 saturated carbocycles. The summed E-state index contributed by atoms with van der Waals surface area (Å²) in [5.41, 5.74) is 15.6. The minimum absolute atomic E-state index is 0.702. The molecule has 11 aromatic carbocycles. The first kappa shape index (κ1) is 39.8. The Morgan fingerprint density at radius 1 is 0.310 bits per heavy atom. The summed E-state index contributed by atoms with van der Waals surface area (Å²) in [7, 11) is 0. The maximum Gasteiger partial charge on any atom is 0.160 e. The molecule has 4 nitrogen and oxygen atoms in total. The fraction of sp³-hybridized carbons (Fsp3) is 0. The van der Waals surface area contributed by atoms with Gasteiger partial charge in [-0.15, -0.1) is 11.3 Å². The van der Waals surface area contributed by atoms with Gasteiger partial charge in [-0.1, -0.05) is 152 Å². The molecule has 0 bridgehead atoms. The number of aromatic nitrogens is 4. The zero-order chi connectivity index (χ0) is 46.6. The Morgan fingerprint density at radius 3 is 1.70 bits per heavy atom. The molecule has 0 amide bonds. The molecule has 0 atom stereocenters. The Kier molecular flexibility index (Phi) is 8.79.